The Hall–Kier alpha value is -0.910. The number of fused-ring (bicyclic) bond motifs is 2. The number of hydrogen-bond donors (Lipinski definition) is 1. The zero-order valence-electron chi connectivity index (χ0n) is 11.2. The summed E-state index contributed by atoms with van der Waals surface area (Å²) in [7, 11) is 0. The van der Waals surface area contributed by atoms with Gasteiger partial charge in [-0.3, -0.25) is 4.79 Å². The molecule has 2 heterocycles. The van der Waals surface area contributed by atoms with Gasteiger partial charge in [0.05, 0.1) is 10.6 Å². The molecule has 2 unspecified atom stereocenters. The van der Waals surface area contributed by atoms with E-state index in [4.69, 9.17) is 11.6 Å². The van der Waals surface area contributed by atoms with Crippen molar-refractivity contribution in [1.82, 2.24) is 10.2 Å². The fourth-order valence-electron chi connectivity index (χ4n) is 3.14. The number of halogens is 4. The lowest BCUT2D eigenvalue weighted by molar-refractivity contribution is 0.0680. The van der Waals surface area contributed by atoms with Crippen LogP contribution in [-0.4, -0.2) is 36.0 Å². The van der Waals surface area contributed by atoms with E-state index in [1.165, 1.54) is 0 Å². The average Bonchev–Trinajstić information content (AvgIpc) is 2.66. The maximum atomic E-state index is 13.4. The quantitative estimate of drug-likeness (QED) is 0.799. The summed E-state index contributed by atoms with van der Waals surface area (Å²) in [5, 5.41) is 3.25. The highest BCUT2D eigenvalue weighted by atomic mass is 35.5. The SMILES string of the molecule is Cl.O=C(c1cc(F)c(F)cc1Cl)N1C2CCNCC1CC2. The predicted octanol–water partition coefficient (Wildman–Crippen LogP) is 3.01. The first-order chi connectivity index (χ1) is 9.58. The molecule has 1 amide bonds. The summed E-state index contributed by atoms with van der Waals surface area (Å²) < 4.78 is 26.5. The molecule has 2 aliphatic heterocycles. The van der Waals surface area contributed by atoms with Crippen molar-refractivity contribution in [3.8, 4) is 0 Å². The molecule has 7 heteroatoms. The van der Waals surface area contributed by atoms with Crippen molar-refractivity contribution in [2.75, 3.05) is 13.1 Å². The van der Waals surface area contributed by atoms with Crippen LogP contribution in [0.25, 0.3) is 0 Å². The molecule has 0 spiro atoms. The van der Waals surface area contributed by atoms with Gasteiger partial charge in [0, 0.05) is 18.6 Å². The Kier molecular flexibility index (Phi) is 5.07. The van der Waals surface area contributed by atoms with Gasteiger partial charge in [-0.25, -0.2) is 8.78 Å². The van der Waals surface area contributed by atoms with Gasteiger partial charge in [0.25, 0.3) is 5.91 Å². The van der Waals surface area contributed by atoms with Gasteiger partial charge in [-0.15, -0.1) is 12.4 Å². The molecule has 2 fully saturated rings. The second-order valence-electron chi connectivity index (χ2n) is 5.34. The second kappa shape index (κ2) is 6.46. The van der Waals surface area contributed by atoms with Crippen molar-refractivity contribution in [3.63, 3.8) is 0 Å². The van der Waals surface area contributed by atoms with Gasteiger partial charge in [0.15, 0.2) is 11.6 Å². The number of carbonyl (C=O) groups excluding carboxylic acids is 1. The lowest BCUT2D eigenvalue weighted by atomic mass is 10.1. The minimum Gasteiger partial charge on any atom is -0.331 e. The molecule has 3 nitrogen and oxygen atoms in total. The van der Waals surface area contributed by atoms with E-state index in [0.29, 0.717) is 0 Å². The molecule has 116 valence electrons. The Labute approximate surface area is 133 Å². The molecule has 0 aliphatic carbocycles. The fraction of sp³-hybridized carbons (Fsp3) is 0.500. The van der Waals surface area contributed by atoms with Gasteiger partial charge in [0.1, 0.15) is 0 Å². The molecule has 0 radical (unpaired) electrons. The van der Waals surface area contributed by atoms with Crippen LogP contribution in [0.1, 0.15) is 29.6 Å². The summed E-state index contributed by atoms with van der Waals surface area (Å²) in [6.45, 7) is 1.61. The third-order valence-electron chi connectivity index (χ3n) is 4.13. The highest BCUT2D eigenvalue weighted by molar-refractivity contribution is 6.33. The van der Waals surface area contributed by atoms with Gasteiger partial charge < -0.3 is 10.2 Å². The maximum absolute atomic E-state index is 13.4. The van der Waals surface area contributed by atoms with Crippen LogP contribution in [0.5, 0.6) is 0 Å². The van der Waals surface area contributed by atoms with Crippen molar-refractivity contribution in [2.24, 2.45) is 0 Å². The van der Waals surface area contributed by atoms with Crippen molar-refractivity contribution in [3.05, 3.63) is 34.4 Å². The number of carbonyl (C=O) groups is 1. The molecule has 2 saturated heterocycles. The van der Waals surface area contributed by atoms with E-state index < -0.39 is 11.6 Å². The van der Waals surface area contributed by atoms with Gasteiger partial charge in [-0.2, -0.15) is 0 Å². The summed E-state index contributed by atoms with van der Waals surface area (Å²) in [6.07, 6.45) is 2.77. The Bertz CT molecular complexity index is 542. The molecule has 3 rings (SSSR count). The van der Waals surface area contributed by atoms with E-state index >= 15 is 0 Å². The highest BCUT2D eigenvalue weighted by Gasteiger charge is 2.39. The topological polar surface area (TPSA) is 32.3 Å². The van der Waals surface area contributed by atoms with Crippen molar-refractivity contribution < 1.29 is 13.6 Å². The molecule has 2 aliphatic rings. The van der Waals surface area contributed by atoms with Gasteiger partial charge in [-0.1, -0.05) is 11.6 Å². The second-order valence-corrected chi connectivity index (χ2v) is 5.74. The van der Waals surface area contributed by atoms with Gasteiger partial charge in [-0.05, 0) is 37.9 Å². The van der Waals surface area contributed by atoms with Crippen LogP contribution < -0.4 is 5.32 Å². The van der Waals surface area contributed by atoms with E-state index in [1.54, 1.807) is 4.90 Å². The normalized spacial score (nSPS) is 24.4. The third-order valence-corrected chi connectivity index (χ3v) is 4.44. The van der Waals surface area contributed by atoms with E-state index in [9.17, 15) is 13.6 Å². The van der Waals surface area contributed by atoms with Gasteiger partial charge >= 0.3 is 0 Å². The predicted molar refractivity (Wildman–Crippen MR) is 79.1 cm³/mol. The first-order valence-electron chi connectivity index (χ1n) is 6.76. The molecule has 2 bridgehead atoms. The minimum atomic E-state index is -1.04. The van der Waals surface area contributed by atoms with Crippen molar-refractivity contribution in [1.29, 1.82) is 0 Å². The Morgan fingerprint density at radius 2 is 1.86 bits per heavy atom. The molecule has 0 saturated carbocycles. The first kappa shape index (κ1) is 16.5. The van der Waals surface area contributed by atoms with Crippen molar-refractivity contribution >= 4 is 29.9 Å². The zero-order valence-corrected chi connectivity index (χ0v) is 12.8. The number of amides is 1. The molecular weight excluding hydrogens is 321 g/mol. The van der Waals surface area contributed by atoms with Crippen LogP contribution in [0, 0.1) is 11.6 Å². The average molecular weight is 337 g/mol. The maximum Gasteiger partial charge on any atom is 0.256 e. The summed E-state index contributed by atoms with van der Waals surface area (Å²) in [5.41, 5.74) is 0.0457. The molecule has 2 atom stereocenters. The van der Waals surface area contributed by atoms with E-state index in [1.807, 2.05) is 0 Å². The summed E-state index contributed by atoms with van der Waals surface area (Å²) in [4.78, 5) is 14.4. The summed E-state index contributed by atoms with van der Waals surface area (Å²) >= 11 is 5.90. The zero-order chi connectivity index (χ0) is 14.3. The van der Waals surface area contributed by atoms with Crippen LogP contribution in [0.15, 0.2) is 12.1 Å². The molecular formula is C14H16Cl2F2N2O. The standard InChI is InChI=1S/C14H15ClF2N2O.ClH/c15-11-6-13(17)12(16)5-10(11)14(20)19-8-1-2-9(19)7-18-4-3-8;/h5-6,8-9,18H,1-4,7H2;1H. The number of benzene rings is 1. The molecule has 21 heavy (non-hydrogen) atoms. The Morgan fingerprint density at radius 1 is 1.19 bits per heavy atom. The lowest BCUT2D eigenvalue weighted by Gasteiger charge is -2.28. The first-order valence-corrected chi connectivity index (χ1v) is 7.13. The number of nitrogens with zero attached hydrogens (tertiary/aromatic N) is 1. The molecule has 1 N–H and O–H groups in total. The van der Waals surface area contributed by atoms with E-state index in [2.05, 4.69) is 5.32 Å². The third kappa shape index (κ3) is 3.00. The molecule has 1 aromatic rings. The van der Waals surface area contributed by atoms with Crippen molar-refractivity contribution in [2.45, 2.75) is 31.3 Å². The van der Waals surface area contributed by atoms with E-state index in [-0.39, 0.29) is 41.0 Å². The lowest BCUT2D eigenvalue weighted by Crippen LogP contribution is -2.42. The monoisotopic (exact) mass is 336 g/mol. The van der Waals surface area contributed by atoms with Crippen LogP contribution in [0.2, 0.25) is 5.02 Å². The fourth-order valence-corrected chi connectivity index (χ4v) is 3.37. The largest absolute Gasteiger partial charge is 0.331 e. The van der Waals surface area contributed by atoms with Crippen LogP contribution >= 0.6 is 24.0 Å². The highest BCUT2D eigenvalue weighted by Crippen LogP contribution is 2.31. The molecule has 1 aromatic carbocycles. The van der Waals surface area contributed by atoms with Crippen LogP contribution in [0.4, 0.5) is 8.78 Å². The summed E-state index contributed by atoms with van der Waals surface area (Å²) in [6, 6.07) is 2.03. The van der Waals surface area contributed by atoms with Crippen LogP contribution in [-0.2, 0) is 0 Å². The number of hydrogen-bond acceptors (Lipinski definition) is 2. The number of rotatable bonds is 1. The number of nitrogens with one attached hydrogen (secondary N) is 1. The minimum absolute atomic E-state index is 0. The molecule has 0 aromatic heterocycles. The van der Waals surface area contributed by atoms with Crippen LogP contribution in [0.3, 0.4) is 0 Å². The Balaban J connectivity index is 0.00000161. The smallest absolute Gasteiger partial charge is 0.256 e. The van der Waals surface area contributed by atoms with E-state index in [0.717, 1.165) is 44.5 Å². The Morgan fingerprint density at radius 3 is 2.62 bits per heavy atom. The summed E-state index contributed by atoms with van der Waals surface area (Å²) in [5.74, 6) is -2.38. The van der Waals surface area contributed by atoms with Gasteiger partial charge in [0.2, 0.25) is 0 Å².